The summed E-state index contributed by atoms with van der Waals surface area (Å²) in [5.74, 6) is 0.135. The predicted octanol–water partition coefficient (Wildman–Crippen LogP) is 2.85. The first-order valence-corrected chi connectivity index (χ1v) is 7.39. The van der Waals surface area contributed by atoms with Gasteiger partial charge in [0, 0.05) is 12.2 Å². The van der Waals surface area contributed by atoms with E-state index < -0.39 is 6.04 Å². The Morgan fingerprint density at radius 3 is 2.43 bits per heavy atom. The van der Waals surface area contributed by atoms with Crippen LogP contribution in [0.2, 0.25) is 0 Å². The molecule has 0 aliphatic carbocycles. The lowest BCUT2D eigenvalue weighted by Crippen LogP contribution is -2.46. The molecule has 5 heteroatoms. The topological polar surface area (TPSA) is 70.2 Å². The van der Waals surface area contributed by atoms with Gasteiger partial charge in [0.2, 0.25) is 5.91 Å². The van der Waals surface area contributed by atoms with Crippen molar-refractivity contribution in [3.63, 3.8) is 0 Å². The fraction of sp³-hybridized carbons (Fsp3) is 0.500. The zero-order valence-electron chi connectivity index (χ0n) is 13.2. The van der Waals surface area contributed by atoms with Crippen LogP contribution < -0.4 is 16.0 Å². The van der Waals surface area contributed by atoms with Crippen molar-refractivity contribution in [2.75, 3.05) is 11.9 Å². The molecular weight excluding hydrogens is 266 g/mol. The van der Waals surface area contributed by atoms with Crippen LogP contribution in [0.1, 0.15) is 45.6 Å². The molecule has 0 radical (unpaired) electrons. The van der Waals surface area contributed by atoms with E-state index in [1.165, 1.54) is 0 Å². The van der Waals surface area contributed by atoms with Gasteiger partial charge in [-0.05, 0) is 30.9 Å². The van der Waals surface area contributed by atoms with E-state index in [1.807, 2.05) is 31.2 Å². The molecule has 1 aromatic carbocycles. The first kappa shape index (κ1) is 17.0. The lowest BCUT2D eigenvalue weighted by Gasteiger charge is -2.17. The first-order valence-electron chi connectivity index (χ1n) is 7.39. The third-order valence-corrected chi connectivity index (χ3v) is 3.12. The lowest BCUT2D eigenvalue weighted by atomic mass is 10.0. The summed E-state index contributed by atoms with van der Waals surface area (Å²) in [6.07, 6.45) is 0.867. The van der Waals surface area contributed by atoms with Gasteiger partial charge >= 0.3 is 6.03 Å². The normalized spacial score (nSPS) is 11.9. The van der Waals surface area contributed by atoms with Crippen molar-refractivity contribution in [1.29, 1.82) is 0 Å². The summed E-state index contributed by atoms with van der Waals surface area (Å²) in [6, 6.07) is 6.72. The van der Waals surface area contributed by atoms with Crippen molar-refractivity contribution < 1.29 is 9.59 Å². The van der Waals surface area contributed by atoms with Gasteiger partial charge in [-0.1, -0.05) is 39.0 Å². The number of carbonyl (C=O) groups is 2. The number of benzene rings is 1. The molecule has 0 spiro atoms. The molecule has 116 valence electrons. The Hall–Kier alpha value is -2.04. The number of anilines is 1. The maximum absolute atomic E-state index is 12.0. The van der Waals surface area contributed by atoms with Gasteiger partial charge in [-0.2, -0.15) is 0 Å². The molecule has 0 fully saturated rings. The van der Waals surface area contributed by atoms with Crippen LogP contribution in [0.25, 0.3) is 0 Å². The highest BCUT2D eigenvalue weighted by molar-refractivity contribution is 5.94. The standard InChI is InChI=1S/C16H25N3O2/c1-5-10-17-15(20)12(4)18-16(21)19-14-9-7-6-8-13(14)11(2)3/h6-9,11-12H,5,10H2,1-4H3,(H,17,20)(H2,18,19,21)/t12-/m0/s1. The average Bonchev–Trinajstić information content (AvgIpc) is 2.44. The summed E-state index contributed by atoms with van der Waals surface area (Å²) in [5, 5.41) is 8.19. The molecule has 0 heterocycles. The summed E-state index contributed by atoms with van der Waals surface area (Å²) in [6.45, 7) is 8.40. The van der Waals surface area contributed by atoms with Crippen LogP contribution in [0.3, 0.4) is 0 Å². The van der Waals surface area contributed by atoms with Crippen LogP contribution in [-0.4, -0.2) is 24.5 Å². The third-order valence-electron chi connectivity index (χ3n) is 3.12. The highest BCUT2D eigenvalue weighted by Gasteiger charge is 2.16. The minimum atomic E-state index is -0.567. The van der Waals surface area contributed by atoms with Gasteiger partial charge in [0.1, 0.15) is 6.04 Å². The van der Waals surface area contributed by atoms with E-state index in [1.54, 1.807) is 6.92 Å². The Balaban J connectivity index is 2.60. The van der Waals surface area contributed by atoms with E-state index in [2.05, 4.69) is 29.8 Å². The van der Waals surface area contributed by atoms with Gasteiger partial charge < -0.3 is 16.0 Å². The van der Waals surface area contributed by atoms with E-state index in [9.17, 15) is 9.59 Å². The quantitative estimate of drug-likeness (QED) is 0.754. The molecule has 0 saturated carbocycles. The van der Waals surface area contributed by atoms with Crippen molar-refractivity contribution in [3.05, 3.63) is 29.8 Å². The maximum Gasteiger partial charge on any atom is 0.319 e. The molecule has 0 aromatic heterocycles. The zero-order chi connectivity index (χ0) is 15.8. The molecule has 1 aromatic rings. The minimum Gasteiger partial charge on any atom is -0.354 e. The molecule has 0 aliphatic heterocycles. The van der Waals surface area contributed by atoms with Gasteiger partial charge in [0.25, 0.3) is 0 Å². The number of carbonyl (C=O) groups excluding carboxylic acids is 2. The van der Waals surface area contributed by atoms with Crippen molar-refractivity contribution in [3.8, 4) is 0 Å². The van der Waals surface area contributed by atoms with Gasteiger partial charge in [0.15, 0.2) is 0 Å². The number of amides is 3. The Morgan fingerprint density at radius 2 is 1.81 bits per heavy atom. The van der Waals surface area contributed by atoms with Crippen LogP contribution in [0, 0.1) is 0 Å². The Kier molecular flexibility index (Phi) is 6.72. The second-order valence-electron chi connectivity index (χ2n) is 5.35. The highest BCUT2D eigenvalue weighted by atomic mass is 16.2. The summed E-state index contributed by atoms with van der Waals surface area (Å²) in [4.78, 5) is 23.7. The fourth-order valence-corrected chi connectivity index (χ4v) is 1.94. The number of para-hydroxylation sites is 1. The second-order valence-corrected chi connectivity index (χ2v) is 5.35. The Morgan fingerprint density at radius 1 is 1.14 bits per heavy atom. The van der Waals surface area contributed by atoms with Crippen molar-refractivity contribution in [2.45, 2.75) is 46.1 Å². The molecule has 0 aliphatic rings. The van der Waals surface area contributed by atoms with Crippen LogP contribution in [-0.2, 0) is 4.79 Å². The van der Waals surface area contributed by atoms with Gasteiger partial charge in [-0.3, -0.25) is 4.79 Å². The number of hydrogen-bond acceptors (Lipinski definition) is 2. The van der Waals surface area contributed by atoms with Crippen LogP contribution >= 0.6 is 0 Å². The van der Waals surface area contributed by atoms with E-state index in [0.29, 0.717) is 12.5 Å². The molecular formula is C16H25N3O2. The average molecular weight is 291 g/mol. The molecule has 0 unspecified atom stereocenters. The molecule has 21 heavy (non-hydrogen) atoms. The van der Waals surface area contributed by atoms with Crippen molar-refractivity contribution in [1.82, 2.24) is 10.6 Å². The number of nitrogens with one attached hydrogen (secondary N) is 3. The fourth-order valence-electron chi connectivity index (χ4n) is 1.94. The summed E-state index contributed by atoms with van der Waals surface area (Å²) in [7, 11) is 0. The zero-order valence-corrected chi connectivity index (χ0v) is 13.2. The minimum absolute atomic E-state index is 0.177. The van der Waals surface area contributed by atoms with E-state index >= 15 is 0 Å². The monoisotopic (exact) mass is 291 g/mol. The highest BCUT2D eigenvalue weighted by Crippen LogP contribution is 2.23. The van der Waals surface area contributed by atoms with Crippen LogP contribution in [0.15, 0.2) is 24.3 Å². The van der Waals surface area contributed by atoms with E-state index in [0.717, 1.165) is 17.7 Å². The Labute approximate surface area is 126 Å². The second kappa shape index (κ2) is 8.29. The van der Waals surface area contributed by atoms with Gasteiger partial charge in [0.05, 0.1) is 0 Å². The lowest BCUT2D eigenvalue weighted by molar-refractivity contribution is -0.122. The smallest absolute Gasteiger partial charge is 0.319 e. The molecule has 0 saturated heterocycles. The SMILES string of the molecule is CCCNC(=O)[C@H](C)NC(=O)Nc1ccccc1C(C)C. The van der Waals surface area contributed by atoms with Gasteiger partial charge in [-0.15, -0.1) is 0 Å². The number of rotatable bonds is 6. The number of urea groups is 1. The molecule has 5 nitrogen and oxygen atoms in total. The van der Waals surface area contributed by atoms with Crippen molar-refractivity contribution in [2.24, 2.45) is 0 Å². The van der Waals surface area contributed by atoms with Crippen LogP contribution in [0.4, 0.5) is 10.5 Å². The molecule has 1 atom stereocenters. The molecule has 0 bridgehead atoms. The number of hydrogen-bond donors (Lipinski definition) is 3. The largest absolute Gasteiger partial charge is 0.354 e. The van der Waals surface area contributed by atoms with E-state index in [-0.39, 0.29) is 11.9 Å². The molecule has 3 amide bonds. The molecule has 1 rings (SSSR count). The molecule has 3 N–H and O–H groups in total. The predicted molar refractivity (Wildman–Crippen MR) is 85.4 cm³/mol. The summed E-state index contributed by atoms with van der Waals surface area (Å²) in [5.41, 5.74) is 1.84. The van der Waals surface area contributed by atoms with Crippen molar-refractivity contribution >= 4 is 17.6 Å². The summed E-state index contributed by atoms with van der Waals surface area (Å²) >= 11 is 0. The summed E-state index contributed by atoms with van der Waals surface area (Å²) < 4.78 is 0. The van der Waals surface area contributed by atoms with Gasteiger partial charge in [-0.25, -0.2) is 4.79 Å². The van der Waals surface area contributed by atoms with E-state index in [4.69, 9.17) is 0 Å². The maximum atomic E-state index is 12.0. The third kappa shape index (κ3) is 5.45. The Bertz CT molecular complexity index is 486. The first-order chi connectivity index (χ1) is 9.95. The van der Waals surface area contributed by atoms with Crippen LogP contribution in [0.5, 0.6) is 0 Å².